The van der Waals surface area contributed by atoms with Crippen molar-refractivity contribution in [3.05, 3.63) is 59.9 Å². The summed E-state index contributed by atoms with van der Waals surface area (Å²) in [6, 6.07) is 11.6. The van der Waals surface area contributed by atoms with Crippen LogP contribution in [0.3, 0.4) is 0 Å². The molecule has 3 aromatic rings. The Hall–Kier alpha value is -4.21. The van der Waals surface area contributed by atoms with Crippen LogP contribution in [0.1, 0.15) is 18.3 Å². The van der Waals surface area contributed by atoms with Crippen molar-refractivity contribution in [2.24, 2.45) is 0 Å². The van der Waals surface area contributed by atoms with Crippen LogP contribution in [0.4, 0.5) is 5.69 Å². The van der Waals surface area contributed by atoms with Crippen LogP contribution < -0.4 is 20.1 Å². The molecule has 0 aliphatic carbocycles. The molecule has 2 N–H and O–H groups in total. The van der Waals surface area contributed by atoms with Gasteiger partial charge in [0, 0.05) is 11.8 Å². The first-order valence-electron chi connectivity index (χ1n) is 9.78. The maximum absolute atomic E-state index is 12.6. The van der Waals surface area contributed by atoms with Crippen molar-refractivity contribution in [2.45, 2.75) is 19.9 Å². The lowest BCUT2D eigenvalue weighted by atomic mass is 10.2. The molecule has 0 saturated heterocycles. The lowest BCUT2D eigenvalue weighted by molar-refractivity contribution is -0.123. The van der Waals surface area contributed by atoms with E-state index in [0.29, 0.717) is 22.9 Å². The molecule has 10 nitrogen and oxygen atoms in total. The minimum Gasteiger partial charge on any atom is -0.497 e. The van der Waals surface area contributed by atoms with Crippen molar-refractivity contribution in [1.82, 2.24) is 25.5 Å². The molecule has 0 spiro atoms. The number of amides is 2. The summed E-state index contributed by atoms with van der Waals surface area (Å²) >= 11 is 0. The molecular formula is C22H24N6O4. The van der Waals surface area contributed by atoms with Gasteiger partial charge in [0.25, 0.3) is 0 Å². The van der Waals surface area contributed by atoms with E-state index in [-0.39, 0.29) is 11.8 Å². The Labute approximate surface area is 185 Å². The topological polar surface area (TPSA) is 120 Å². The lowest BCUT2D eigenvalue weighted by Gasteiger charge is -2.15. The number of ether oxygens (including phenoxy) is 2. The zero-order chi connectivity index (χ0) is 23.1. The van der Waals surface area contributed by atoms with Crippen molar-refractivity contribution >= 4 is 23.6 Å². The maximum Gasteiger partial charge on any atom is 0.246 e. The molecule has 1 heterocycles. The Morgan fingerprint density at radius 2 is 1.84 bits per heavy atom. The molecule has 1 aromatic heterocycles. The molecule has 2 aromatic carbocycles. The molecule has 1 unspecified atom stereocenters. The van der Waals surface area contributed by atoms with Crippen molar-refractivity contribution in [1.29, 1.82) is 0 Å². The van der Waals surface area contributed by atoms with Gasteiger partial charge in [-0.3, -0.25) is 9.59 Å². The van der Waals surface area contributed by atoms with E-state index in [1.165, 1.54) is 17.9 Å². The number of nitrogens with zero attached hydrogens (tertiary/aromatic N) is 4. The van der Waals surface area contributed by atoms with Gasteiger partial charge in [-0.05, 0) is 66.2 Å². The van der Waals surface area contributed by atoms with Gasteiger partial charge in [0.05, 0.1) is 14.2 Å². The van der Waals surface area contributed by atoms with Gasteiger partial charge in [0.15, 0.2) is 5.82 Å². The highest BCUT2D eigenvalue weighted by atomic mass is 16.5. The summed E-state index contributed by atoms with van der Waals surface area (Å²) in [5.41, 5.74) is 1.92. The minimum atomic E-state index is -0.761. The summed E-state index contributed by atoms with van der Waals surface area (Å²) in [7, 11) is 3.12. The van der Waals surface area contributed by atoms with Crippen LogP contribution in [-0.4, -0.2) is 52.3 Å². The average molecular weight is 436 g/mol. The largest absolute Gasteiger partial charge is 0.497 e. The second-order valence-electron chi connectivity index (χ2n) is 6.85. The number of nitrogens with one attached hydrogen (secondary N) is 2. The number of tetrazole rings is 1. The summed E-state index contributed by atoms with van der Waals surface area (Å²) in [5.74, 6) is 1.08. The highest BCUT2D eigenvalue weighted by molar-refractivity contribution is 6.00. The molecule has 0 aliphatic heterocycles. The fourth-order valence-corrected chi connectivity index (χ4v) is 2.85. The number of carbonyl (C=O) groups is 2. The number of hydrogen-bond donors (Lipinski definition) is 2. The van der Waals surface area contributed by atoms with Crippen molar-refractivity contribution < 1.29 is 19.1 Å². The number of hydrogen-bond acceptors (Lipinski definition) is 7. The average Bonchev–Trinajstić information content (AvgIpc) is 3.23. The van der Waals surface area contributed by atoms with E-state index in [9.17, 15) is 9.59 Å². The lowest BCUT2D eigenvalue weighted by Crippen LogP contribution is -2.40. The van der Waals surface area contributed by atoms with Crippen LogP contribution in [0.15, 0.2) is 48.5 Å². The van der Waals surface area contributed by atoms with Crippen LogP contribution in [0, 0.1) is 6.92 Å². The van der Waals surface area contributed by atoms with Gasteiger partial charge in [-0.25, -0.2) is 0 Å². The van der Waals surface area contributed by atoms with Crippen molar-refractivity contribution in [2.75, 3.05) is 19.5 Å². The molecule has 0 aliphatic rings. The van der Waals surface area contributed by atoms with Crippen molar-refractivity contribution in [3.8, 4) is 17.2 Å². The highest BCUT2D eigenvalue weighted by Gasteiger charge is 2.17. The fourth-order valence-electron chi connectivity index (χ4n) is 2.85. The highest BCUT2D eigenvalue weighted by Crippen LogP contribution is 2.26. The number of aromatic nitrogens is 4. The molecule has 2 amide bonds. The van der Waals surface area contributed by atoms with Gasteiger partial charge in [0.2, 0.25) is 11.8 Å². The predicted molar refractivity (Wildman–Crippen MR) is 119 cm³/mol. The van der Waals surface area contributed by atoms with Crippen LogP contribution in [0.5, 0.6) is 11.5 Å². The van der Waals surface area contributed by atoms with E-state index in [2.05, 4.69) is 26.2 Å². The van der Waals surface area contributed by atoms with E-state index >= 15 is 0 Å². The first kappa shape index (κ1) is 22.5. The number of benzene rings is 2. The van der Waals surface area contributed by atoms with Gasteiger partial charge < -0.3 is 20.1 Å². The third-order valence-corrected chi connectivity index (χ3v) is 4.59. The zero-order valence-electron chi connectivity index (χ0n) is 18.2. The molecule has 0 fully saturated rings. The van der Waals surface area contributed by atoms with Crippen LogP contribution in [0.25, 0.3) is 11.8 Å². The zero-order valence-corrected chi connectivity index (χ0v) is 18.2. The molecule has 0 bridgehead atoms. The van der Waals surface area contributed by atoms with Gasteiger partial charge in [0.1, 0.15) is 23.2 Å². The van der Waals surface area contributed by atoms with Gasteiger partial charge in [-0.2, -0.15) is 4.68 Å². The molecule has 1 atom stereocenters. The van der Waals surface area contributed by atoms with E-state index < -0.39 is 6.04 Å². The second kappa shape index (κ2) is 10.2. The van der Waals surface area contributed by atoms with Crippen LogP contribution in [-0.2, 0) is 9.59 Å². The summed E-state index contributed by atoms with van der Waals surface area (Å²) < 4.78 is 12.0. The number of carbonyl (C=O) groups excluding carboxylic acids is 2. The molecule has 0 saturated carbocycles. The predicted octanol–water partition coefficient (Wildman–Crippen LogP) is 2.14. The molecule has 10 heteroatoms. The number of rotatable bonds is 8. The standard InChI is InChI=1S/C22H24N6O4/c1-14(23-21(29)12-7-16-5-9-18(31-3)10-6-16)22(30)24-17-8-11-20(32-4)19(13-17)28-15(2)25-26-27-28/h5-14H,1-4H3,(H,23,29)(H,24,30)/b12-7+. The molecule has 0 radical (unpaired) electrons. The van der Waals surface area contributed by atoms with Crippen LogP contribution >= 0.6 is 0 Å². The first-order chi connectivity index (χ1) is 15.4. The summed E-state index contributed by atoms with van der Waals surface area (Å²) in [6.07, 6.45) is 3.03. The molecule has 3 rings (SSSR count). The first-order valence-corrected chi connectivity index (χ1v) is 9.78. The Kier molecular flexibility index (Phi) is 7.17. The molecule has 166 valence electrons. The van der Waals surface area contributed by atoms with E-state index in [4.69, 9.17) is 9.47 Å². The third kappa shape index (κ3) is 5.48. The molecular weight excluding hydrogens is 412 g/mol. The summed E-state index contributed by atoms with van der Waals surface area (Å²) in [4.78, 5) is 24.8. The maximum atomic E-state index is 12.6. The smallest absolute Gasteiger partial charge is 0.246 e. The molecule has 32 heavy (non-hydrogen) atoms. The Morgan fingerprint density at radius 1 is 1.09 bits per heavy atom. The third-order valence-electron chi connectivity index (χ3n) is 4.59. The quantitative estimate of drug-likeness (QED) is 0.519. The van der Waals surface area contributed by atoms with E-state index in [1.807, 2.05) is 12.1 Å². The van der Waals surface area contributed by atoms with Gasteiger partial charge in [-0.15, -0.1) is 5.10 Å². The Balaban J connectivity index is 1.63. The van der Waals surface area contributed by atoms with Crippen LogP contribution in [0.2, 0.25) is 0 Å². The Bertz CT molecular complexity index is 1120. The minimum absolute atomic E-state index is 0.374. The monoisotopic (exact) mass is 436 g/mol. The number of anilines is 1. The summed E-state index contributed by atoms with van der Waals surface area (Å²) in [6.45, 7) is 3.35. The Morgan fingerprint density at radius 3 is 2.47 bits per heavy atom. The van der Waals surface area contributed by atoms with Crippen molar-refractivity contribution in [3.63, 3.8) is 0 Å². The van der Waals surface area contributed by atoms with Gasteiger partial charge in [-0.1, -0.05) is 12.1 Å². The fraction of sp³-hybridized carbons (Fsp3) is 0.227. The number of aryl methyl sites for hydroxylation is 1. The SMILES string of the molecule is COc1ccc(/C=C/C(=O)NC(C)C(=O)Nc2ccc(OC)c(-n3nnnc3C)c2)cc1. The summed E-state index contributed by atoms with van der Waals surface area (Å²) in [5, 5.41) is 16.9. The van der Waals surface area contributed by atoms with E-state index in [0.717, 1.165) is 11.3 Å². The number of methoxy groups -OCH3 is 2. The second-order valence-corrected chi connectivity index (χ2v) is 6.85. The van der Waals surface area contributed by atoms with Gasteiger partial charge >= 0.3 is 0 Å². The van der Waals surface area contributed by atoms with E-state index in [1.54, 1.807) is 57.4 Å². The normalized spacial score (nSPS) is 11.8.